The zero-order valence-corrected chi connectivity index (χ0v) is 29.4. The van der Waals surface area contributed by atoms with E-state index in [4.69, 9.17) is 32.8 Å². The highest BCUT2D eigenvalue weighted by atomic mass is 28.4. The fourth-order valence-corrected chi connectivity index (χ4v) is 6.10. The Kier molecular flexibility index (Phi) is 11.5. The van der Waals surface area contributed by atoms with Crippen LogP contribution in [0.5, 0.6) is 23.0 Å². The molecule has 3 aromatic rings. The SMILES string of the molecule is COCOc1ccc(C2(C)COc3cc(OCOC)ccc3C2(O)C#COc2ccc(CCCO[Si](C)(C)C(C)(C)C)cc2)cc1. The topological polar surface area (TPSA) is 84.8 Å². The van der Waals surface area contributed by atoms with E-state index in [9.17, 15) is 5.11 Å². The number of benzene rings is 3. The van der Waals surface area contributed by atoms with E-state index in [0.29, 0.717) is 28.6 Å². The molecule has 1 heterocycles. The highest BCUT2D eigenvalue weighted by molar-refractivity contribution is 6.74. The largest absolute Gasteiger partial charge is 0.492 e. The maximum absolute atomic E-state index is 12.5. The Morgan fingerprint density at radius 1 is 0.870 bits per heavy atom. The highest BCUT2D eigenvalue weighted by Gasteiger charge is 2.54. The number of aliphatic hydroxyl groups is 1. The van der Waals surface area contributed by atoms with Crippen LogP contribution >= 0.6 is 0 Å². The molecule has 1 N–H and O–H groups in total. The molecule has 9 heteroatoms. The maximum atomic E-state index is 12.5. The van der Waals surface area contributed by atoms with Crippen LogP contribution in [-0.2, 0) is 31.3 Å². The van der Waals surface area contributed by atoms with Crippen molar-refractivity contribution in [2.75, 3.05) is 41.0 Å². The van der Waals surface area contributed by atoms with Gasteiger partial charge >= 0.3 is 0 Å². The van der Waals surface area contributed by atoms with Crippen molar-refractivity contribution in [3.05, 3.63) is 83.4 Å². The minimum Gasteiger partial charge on any atom is -0.492 e. The van der Waals surface area contributed by atoms with Crippen LogP contribution in [0, 0.1) is 12.0 Å². The van der Waals surface area contributed by atoms with Crippen molar-refractivity contribution in [2.45, 2.75) is 69.7 Å². The summed E-state index contributed by atoms with van der Waals surface area (Å²) < 4.78 is 39.6. The molecular weight excluding hydrogens is 600 g/mol. The Morgan fingerprint density at radius 3 is 2.11 bits per heavy atom. The molecule has 1 aliphatic heterocycles. The lowest BCUT2D eigenvalue weighted by Crippen LogP contribution is -2.53. The molecule has 0 saturated heterocycles. The first-order valence-electron chi connectivity index (χ1n) is 15.6. The zero-order chi connectivity index (χ0) is 33.4. The Morgan fingerprint density at radius 2 is 1.48 bits per heavy atom. The molecule has 46 heavy (non-hydrogen) atoms. The Hall–Kier alpha value is -3.52. The normalized spacial score (nSPS) is 19.3. The van der Waals surface area contributed by atoms with Crippen LogP contribution in [0.3, 0.4) is 0 Å². The van der Waals surface area contributed by atoms with E-state index in [1.54, 1.807) is 32.4 Å². The number of aryl methyl sites for hydroxylation is 1. The summed E-state index contributed by atoms with van der Waals surface area (Å²) >= 11 is 0. The smallest absolute Gasteiger partial charge is 0.191 e. The maximum Gasteiger partial charge on any atom is 0.191 e. The van der Waals surface area contributed by atoms with Gasteiger partial charge in [-0.05, 0) is 91.3 Å². The molecule has 0 spiro atoms. The van der Waals surface area contributed by atoms with Crippen LogP contribution < -0.4 is 18.9 Å². The highest BCUT2D eigenvalue weighted by Crippen LogP contribution is 2.50. The monoisotopic (exact) mass is 648 g/mol. The molecule has 0 fully saturated rings. The minimum absolute atomic E-state index is 0.0927. The molecule has 0 amide bonds. The van der Waals surface area contributed by atoms with Gasteiger partial charge in [-0.25, -0.2) is 0 Å². The van der Waals surface area contributed by atoms with E-state index < -0.39 is 19.3 Å². The molecule has 3 aromatic carbocycles. The van der Waals surface area contributed by atoms with Crippen LogP contribution in [0.4, 0.5) is 0 Å². The molecule has 0 bridgehead atoms. The molecule has 0 aromatic heterocycles. The standard InChI is InChI=1S/C37H48O8Si/c1-35(2,3)46(7,8)45-22-9-10-28-11-15-30(16-12-28)41-23-21-37(38)33-20-19-32(44-27-40-6)24-34(33)42-25-36(37,4)29-13-17-31(18-14-29)43-26-39-5/h11-20,24,38H,9-10,22,25-27H2,1-8H3. The van der Waals surface area contributed by atoms with Gasteiger partial charge in [-0.3, -0.25) is 0 Å². The molecule has 4 rings (SSSR count). The van der Waals surface area contributed by atoms with Gasteiger partial charge in [-0.2, -0.15) is 0 Å². The molecule has 2 unspecified atom stereocenters. The molecule has 248 valence electrons. The fraction of sp³-hybridized carbons (Fsp3) is 0.459. The van der Waals surface area contributed by atoms with Crippen molar-refractivity contribution in [3.63, 3.8) is 0 Å². The summed E-state index contributed by atoms with van der Waals surface area (Å²) in [5, 5.41) is 12.7. The van der Waals surface area contributed by atoms with Crippen molar-refractivity contribution < 1.29 is 38.0 Å². The number of methoxy groups -OCH3 is 2. The molecular formula is C37H48O8Si. The summed E-state index contributed by atoms with van der Waals surface area (Å²) in [5.74, 6) is 5.33. The Balaban J connectivity index is 1.53. The van der Waals surface area contributed by atoms with E-state index >= 15 is 0 Å². The number of ether oxygens (including phenoxy) is 6. The van der Waals surface area contributed by atoms with Crippen LogP contribution in [0.25, 0.3) is 0 Å². The Labute approximate surface area is 275 Å². The van der Waals surface area contributed by atoms with Gasteiger partial charge in [0.25, 0.3) is 0 Å². The molecule has 0 saturated carbocycles. The van der Waals surface area contributed by atoms with Crippen molar-refractivity contribution in [1.82, 2.24) is 0 Å². The van der Waals surface area contributed by atoms with Gasteiger partial charge in [-0.15, -0.1) is 0 Å². The van der Waals surface area contributed by atoms with Crippen molar-refractivity contribution in [2.24, 2.45) is 0 Å². The van der Waals surface area contributed by atoms with Gasteiger partial charge in [-0.1, -0.05) is 45.0 Å². The quantitative estimate of drug-likeness (QED) is 0.0903. The van der Waals surface area contributed by atoms with E-state index in [1.165, 1.54) is 5.56 Å². The van der Waals surface area contributed by atoms with E-state index in [0.717, 1.165) is 25.0 Å². The number of hydrogen-bond acceptors (Lipinski definition) is 8. The van der Waals surface area contributed by atoms with Gasteiger partial charge in [0, 0.05) is 32.5 Å². The summed E-state index contributed by atoms with van der Waals surface area (Å²) in [4.78, 5) is 0. The summed E-state index contributed by atoms with van der Waals surface area (Å²) in [6.07, 6.45) is 4.68. The molecule has 1 aliphatic rings. The van der Waals surface area contributed by atoms with E-state index in [-0.39, 0.29) is 25.2 Å². The van der Waals surface area contributed by atoms with Gasteiger partial charge < -0.3 is 38.0 Å². The third-order valence-corrected chi connectivity index (χ3v) is 13.6. The predicted molar refractivity (Wildman–Crippen MR) is 181 cm³/mol. The summed E-state index contributed by atoms with van der Waals surface area (Å²) in [6.45, 7) is 14.4. The number of hydrogen-bond donors (Lipinski definition) is 1. The average Bonchev–Trinajstić information content (AvgIpc) is 3.03. The van der Waals surface area contributed by atoms with Crippen molar-refractivity contribution >= 4 is 8.32 Å². The van der Waals surface area contributed by atoms with Crippen LogP contribution in [0.1, 0.15) is 50.8 Å². The first kappa shape index (κ1) is 35.3. The molecule has 2 atom stereocenters. The summed E-state index contributed by atoms with van der Waals surface area (Å²) in [6, 6.07) is 20.6. The predicted octanol–water partition coefficient (Wildman–Crippen LogP) is 7.18. The summed E-state index contributed by atoms with van der Waals surface area (Å²) in [7, 11) is 1.38. The van der Waals surface area contributed by atoms with Crippen molar-refractivity contribution in [3.8, 4) is 35.0 Å². The van der Waals surface area contributed by atoms with Crippen LogP contribution in [0.2, 0.25) is 18.1 Å². The summed E-state index contributed by atoms with van der Waals surface area (Å²) in [5.41, 5.74) is -0.0904. The van der Waals surface area contributed by atoms with Crippen LogP contribution in [-0.4, -0.2) is 54.4 Å². The van der Waals surface area contributed by atoms with Gasteiger partial charge in [0.05, 0.1) is 5.41 Å². The second kappa shape index (κ2) is 14.9. The van der Waals surface area contributed by atoms with E-state index in [2.05, 4.69) is 45.9 Å². The lowest BCUT2D eigenvalue weighted by atomic mass is 9.65. The van der Waals surface area contributed by atoms with Gasteiger partial charge in [0.1, 0.15) is 35.7 Å². The second-order valence-electron chi connectivity index (χ2n) is 13.3. The number of rotatable bonds is 13. The first-order chi connectivity index (χ1) is 21.8. The Bertz CT molecular complexity index is 1490. The first-order valence-corrected chi connectivity index (χ1v) is 18.5. The van der Waals surface area contributed by atoms with E-state index in [1.807, 2.05) is 55.5 Å². The minimum atomic E-state index is -1.74. The molecule has 0 radical (unpaired) electrons. The molecule has 8 nitrogen and oxygen atoms in total. The fourth-order valence-electron chi connectivity index (χ4n) is 5.01. The molecule has 0 aliphatic carbocycles. The lowest BCUT2D eigenvalue weighted by Gasteiger charge is -2.46. The number of fused-ring (bicyclic) bond motifs is 1. The third-order valence-electron chi connectivity index (χ3n) is 9.04. The second-order valence-corrected chi connectivity index (χ2v) is 18.1. The van der Waals surface area contributed by atoms with Crippen molar-refractivity contribution in [1.29, 1.82) is 0 Å². The lowest BCUT2D eigenvalue weighted by molar-refractivity contribution is -0.0277. The van der Waals surface area contributed by atoms with Gasteiger partial charge in [0.15, 0.2) is 27.5 Å². The zero-order valence-electron chi connectivity index (χ0n) is 28.4. The van der Waals surface area contributed by atoms with Gasteiger partial charge in [0.2, 0.25) is 0 Å². The average molecular weight is 649 g/mol. The third kappa shape index (κ3) is 8.06. The van der Waals surface area contributed by atoms with Crippen LogP contribution in [0.15, 0.2) is 66.7 Å².